The second kappa shape index (κ2) is 9.80. The van der Waals surface area contributed by atoms with Crippen LogP contribution in [0.5, 0.6) is 5.75 Å². The van der Waals surface area contributed by atoms with E-state index in [1.165, 1.54) is 12.1 Å². The van der Waals surface area contributed by atoms with Crippen LogP contribution in [-0.4, -0.2) is 24.7 Å². The monoisotopic (exact) mass is 375 g/mol. The van der Waals surface area contributed by atoms with E-state index in [9.17, 15) is 18.0 Å². The van der Waals surface area contributed by atoms with Crippen molar-refractivity contribution in [3.63, 3.8) is 0 Å². The third kappa shape index (κ3) is 6.20. The predicted molar refractivity (Wildman–Crippen MR) is 95.4 cm³/mol. The van der Waals surface area contributed by atoms with Crippen molar-refractivity contribution >= 4 is 11.6 Å². The number of alkyl halides is 3. The number of carbonyl (C=O) groups is 1. The minimum atomic E-state index is -4.57. The minimum Gasteiger partial charge on any atom is -0.493 e. The number of nitrogens with one attached hydrogen (secondary N) is 1. The molecule has 0 saturated carbocycles. The second-order valence-electron chi connectivity index (χ2n) is 6.22. The van der Waals surface area contributed by atoms with Gasteiger partial charge in [-0.25, -0.2) is 0 Å². The van der Waals surface area contributed by atoms with Crippen molar-refractivity contribution in [1.82, 2.24) is 0 Å². The first-order chi connectivity index (χ1) is 12.2. The summed E-state index contributed by atoms with van der Waals surface area (Å²) in [6.45, 7) is 7.57. The molecular weight excluding hydrogens is 347 g/mol. The lowest BCUT2D eigenvalue weighted by molar-refractivity contribution is -0.140. The van der Waals surface area contributed by atoms with Crippen LogP contribution in [0, 0.1) is 0 Å². The predicted octanol–water partition coefficient (Wildman–Crippen LogP) is 5.42. The first-order valence-electron chi connectivity index (χ1n) is 8.97. The van der Waals surface area contributed by atoms with Crippen molar-refractivity contribution in [2.24, 2.45) is 0 Å². The van der Waals surface area contributed by atoms with E-state index in [0.717, 1.165) is 25.3 Å². The summed E-state index contributed by atoms with van der Waals surface area (Å²) in [4.78, 5) is 12.6. The third-order valence-corrected chi connectivity index (χ3v) is 4.04. The van der Waals surface area contributed by atoms with Gasteiger partial charge in [0.15, 0.2) is 0 Å². The van der Waals surface area contributed by atoms with E-state index in [1.54, 1.807) is 20.8 Å². The van der Waals surface area contributed by atoms with E-state index in [2.05, 4.69) is 12.2 Å². The largest absolute Gasteiger partial charge is 0.493 e. The highest BCUT2D eigenvalue weighted by Gasteiger charge is 2.36. The van der Waals surface area contributed by atoms with Gasteiger partial charge in [0.25, 0.3) is 5.91 Å². The molecular formula is C19H28F3NO3. The lowest BCUT2D eigenvalue weighted by Gasteiger charge is -2.28. The number of benzene rings is 1. The van der Waals surface area contributed by atoms with Gasteiger partial charge < -0.3 is 14.8 Å². The lowest BCUT2D eigenvalue weighted by Crippen LogP contribution is -2.42. The maximum absolute atomic E-state index is 13.2. The van der Waals surface area contributed by atoms with E-state index < -0.39 is 23.2 Å². The fourth-order valence-electron chi connectivity index (χ4n) is 2.66. The van der Waals surface area contributed by atoms with Gasteiger partial charge in [-0.3, -0.25) is 4.79 Å². The number of hydrogen-bond donors (Lipinski definition) is 1. The Labute approximate surface area is 153 Å². The summed E-state index contributed by atoms with van der Waals surface area (Å²) in [5.41, 5.74) is -1.94. The molecule has 0 aliphatic carbocycles. The SMILES string of the molecule is CCCCCC(C)(OCC)C(=O)Nc1ccc(OCC)c(C(F)(F)F)c1. The Bertz CT molecular complexity index is 590. The Kier molecular flexibility index (Phi) is 8.40. The average Bonchev–Trinajstić information content (AvgIpc) is 2.56. The van der Waals surface area contributed by atoms with Crippen LogP contribution in [0.2, 0.25) is 0 Å². The Hall–Kier alpha value is -1.76. The van der Waals surface area contributed by atoms with Crippen LogP contribution in [0.4, 0.5) is 18.9 Å². The fourth-order valence-corrected chi connectivity index (χ4v) is 2.66. The van der Waals surface area contributed by atoms with Crippen LogP contribution >= 0.6 is 0 Å². The molecule has 148 valence electrons. The van der Waals surface area contributed by atoms with E-state index in [0.29, 0.717) is 13.0 Å². The number of anilines is 1. The molecule has 1 N–H and O–H groups in total. The fraction of sp³-hybridized carbons (Fsp3) is 0.632. The van der Waals surface area contributed by atoms with E-state index in [-0.39, 0.29) is 18.0 Å². The van der Waals surface area contributed by atoms with Gasteiger partial charge in [-0.15, -0.1) is 0 Å². The quantitative estimate of drug-likeness (QED) is 0.556. The zero-order chi connectivity index (χ0) is 19.8. The number of rotatable bonds is 10. The minimum absolute atomic E-state index is 0.0622. The maximum Gasteiger partial charge on any atom is 0.420 e. The van der Waals surface area contributed by atoms with Gasteiger partial charge in [-0.2, -0.15) is 13.2 Å². The highest BCUT2D eigenvalue weighted by molar-refractivity contribution is 5.97. The van der Waals surface area contributed by atoms with Gasteiger partial charge in [-0.1, -0.05) is 26.2 Å². The zero-order valence-electron chi connectivity index (χ0n) is 15.8. The van der Waals surface area contributed by atoms with Gasteiger partial charge in [0, 0.05) is 12.3 Å². The Morgan fingerprint density at radius 3 is 2.35 bits per heavy atom. The van der Waals surface area contributed by atoms with Crippen LogP contribution in [0.3, 0.4) is 0 Å². The molecule has 0 radical (unpaired) electrons. The third-order valence-electron chi connectivity index (χ3n) is 4.04. The number of halogens is 3. The lowest BCUT2D eigenvalue weighted by atomic mass is 9.96. The van der Waals surface area contributed by atoms with E-state index in [4.69, 9.17) is 9.47 Å². The molecule has 0 aromatic heterocycles. The summed E-state index contributed by atoms with van der Waals surface area (Å²) in [6.07, 6.45) is -1.31. The molecule has 0 aliphatic rings. The summed E-state index contributed by atoms with van der Waals surface area (Å²) in [6, 6.07) is 3.51. The van der Waals surface area contributed by atoms with Crippen molar-refractivity contribution < 1.29 is 27.4 Å². The molecule has 0 saturated heterocycles. The number of hydrogen-bond acceptors (Lipinski definition) is 3. The molecule has 0 heterocycles. The van der Waals surface area contributed by atoms with Gasteiger partial charge in [0.05, 0.1) is 12.2 Å². The maximum atomic E-state index is 13.2. The standard InChI is InChI=1S/C19H28F3NO3/c1-5-8-9-12-18(4,26-7-3)17(24)23-14-10-11-16(25-6-2)15(13-14)19(20,21)22/h10-11,13H,5-9,12H2,1-4H3,(H,23,24). The molecule has 1 aromatic rings. The zero-order valence-corrected chi connectivity index (χ0v) is 15.8. The second-order valence-corrected chi connectivity index (χ2v) is 6.22. The molecule has 1 unspecified atom stereocenters. The first kappa shape index (κ1) is 22.3. The molecule has 1 rings (SSSR count). The van der Waals surface area contributed by atoms with Crippen LogP contribution < -0.4 is 10.1 Å². The highest BCUT2D eigenvalue weighted by Crippen LogP contribution is 2.38. The molecule has 1 amide bonds. The molecule has 0 aliphatic heterocycles. The van der Waals surface area contributed by atoms with Gasteiger partial charge in [0.2, 0.25) is 0 Å². The summed E-state index contributed by atoms with van der Waals surface area (Å²) in [5.74, 6) is -0.707. The highest BCUT2D eigenvalue weighted by atomic mass is 19.4. The van der Waals surface area contributed by atoms with Crippen molar-refractivity contribution in [3.8, 4) is 5.75 Å². The van der Waals surface area contributed by atoms with Gasteiger partial charge >= 0.3 is 6.18 Å². The molecule has 4 nitrogen and oxygen atoms in total. The smallest absolute Gasteiger partial charge is 0.420 e. The van der Waals surface area contributed by atoms with E-state index in [1.807, 2.05) is 0 Å². The van der Waals surface area contributed by atoms with Crippen molar-refractivity contribution in [2.75, 3.05) is 18.5 Å². The number of amides is 1. The van der Waals surface area contributed by atoms with Crippen LogP contribution in [0.15, 0.2) is 18.2 Å². The summed E-state index contributed by atoms with van der Waals surface area (Å²) >= 11 is 0. The molecule has 0 fully saturated rings. The normalized spacial score (nSPS) is 14.0. The molecule has 26 heavy (non-hydrogen) atoms. The van der Waals surface area contributed by atoms with Crippen LogP contribution in [0.25, 0.3) is 0 Å². The molecule has 1 aromatic carbocycles. The Balaban J connectivity index is 3.02. The number of carbonyl (C=O) groups excluding carboxylic acids is 1. The van der Waals surface area contributed by atoms with Gasteiger partial charge in [-0.05, 0) is 45.4 Å². The molecule has 1 atom stereocenters. The first-order valence-corrected chi connectivity index (χ1v) is 8.97. The van der Waals surface area contributed by atoms with Gasteiger partial charge in [0.1, 0.15) is 11.4 Å². The average molecular weight is 375 g/mol. The van der Waals surface area contributed by atoms with E-state index >= 15 is 0 Å². The Morgan fingerprint density at radius 2 is 1.81 bits per heavy atom. The van der Waals surface area contributed by atoms with Crippen LogP contribution in [0.1, 0.15) is 58.9 Å². The summed E-state index contributed by atoms with van der Waals surface area (Å²) in [7, 11) is 0. The molecule has 0 spiro atoms. The molecule has 0 bridgehead atoms. The number of ether oxygens (including phenoxy) is 2. The summed E-state index contributed by atoms with van der Waals surface area (Å²) in [5, 5.41) is 2.56. The summed E-state index contributed by atoms with van der Waals surface area (Å²) < 4.78 is 50.3. The van der Waals surface area contributed by atoms with Crippen molar-refractivity contribution in [1.29, 1.82) is 0 Å². The van der Waals surface area contributed by atoms with Crippen molar-refractivity contribution in [2.45, 2.75) is 65.2 Å². The van der Waals surface area contributed by atoms with Crippen LogP contribution in [-0.2, 0) is 15.7 Å². The number of unbranched alkanes of at least 4 members (excludes halogenated alkanes) is 2. The Morgan fingerprint density at radius 1 is 1.12 bits per heavy atom. The topological polar surface area (TPSA) is 47.6 Å². The molecule has 7 heteroatoms. The van der Waals surface area contributed by atoms with Crippen molar-refractivity contribution in [3.05, 3.63) is 23.8 Å².